The van der Waals surface area contributed by atoms with Crippen molar-refractivity contribution in [3.8, 4) is 10.7 Å². The van der Waals surface area contributed by atoms with Crippen molar-refractivity contribution in [2.24, 2.45) is 0 Å². The molecular weight excluding hydrogens is 410 g/mol. The van der Waals surface area contributed by atoms with Crippen molar-refractivity contribution in [2.45, 2.75) is 57.9 Å². The molecule has 0 unspecified atom stereocenters. The summed E-state index contributed by atoms with van der Waals surface area (Å²) < 4.78 is 5.40. The Bertz CT molecular complexity index is 795. The van der Waals surface area contributed by atoms with Crippen LogP contribution in [0, 0.1) is 0 Å². The average molecular weight is 446 g/mol. The van der Waals surface area contributed by atoms with Gasteiger partial charge in [0.15, 0.2) is 0 Å². The predicted octanol–water partition coefficient (Wildman–Crippen LogP) is 3.53. The van der Waals surface area contributed by atoms with Crippen molar-refractivity contribution in [3.05, 3.63) is 23.4 Å². The molecule has 8 heteroatoms. The molecule has 170 valence electrons. The second-order valence-corrected chi connectivity index (χ2v) is 9.63. The van der Waals surface area contributed by atoms with Crippen LogP contribution in [0.4, 0.5) is 0 Å². The van der Waals surface area contributed by atoms with Crippen LogP contribution in [0.25, 0.3) is 10.7 Å². The largest absolute Gasteiger partial charge is 0.339 e. The Balaban J connectivity index is 1.15. The Morgan fingerprint density at radius 1 is 1.19 bits per heavy atom. The lowest BCUT2D eigenvalue weighted by atomic mass is 9.94. The van der Waals surface area contributed by atoms with Crippen LogP contribution in [-0.2, 0) is 11.2 Å². The van der Waals surface area contributed by atoms with Crippen LogP contribution in [0.1, 0.15) is 51.3 Å². The lowest BCUT2D eigenvalue weighted by molar-refractivity contribution is -0.135. The minimum absolute atomic E-state index is 0.320. The smallest absolute Gasteiger partial charge is 0.236 e. The molecule has 0 atom stereocenters. The van der Waals surface area contributed by atoms with Crippen LogP contribution in [0.5, 0.6) is 0 Å². The molecule has 31 heavy (non-hydrogen) atoms. The van der Waals surface area contributed by atoms with Gasteiger partial charge in [0.05, 0.1) is 11.4 Å². The number of carbonyl (C=O) groups excluding carboxylic acids is 1. The van der Waals surface area contributed by atoms with Gasteiger partial charge >= 0.3 is 0 Å². The third kappa shape index (κ3) is 6.14. The summed E-state index contributed by atoms with van der Waals surface area (Å²) in [6, 6.07) is 4.48. The highest BCUT2D eigenvalue weighted by Crippen LogP contribution is 2.23. The highest BCUT2D eigenvalue weighted by molar-refractivity contribution is 7.13. The number of nitrogens with zero attached hydrogens (tertiary/aromatic N) is 5. The van der Waals surface area contributed by atoms with E-state index in [4.69, 9.17) is 4.52 Å². The van der Waals surface area contributed by atoms with Crippen molar-refractivity contribution >= 4 is 17.2 Å². The number of hydrogen-bond acceptors (Lipinski definition) is 7. The molecule has 4 rings (SSSR count). The standard InChI is InChI=1S/C23H35N5O2S/c1-2-28(19-8-4-3-5-9-19)22(29)18-27-15-13-26(14-16-27)12-6-11-21-24-23(25-30-21)20-10-7-17-31-20/h7,10,17,19H,2-6,8-9,11-16,18H2,1H3. The SMILES string of the molecule is CCN(C(=O)CN1CCN(CCCc2nc(-c3cccs3)no2)CC1)C1CCCCC1. The van der Waals surface area contributed by atoms with Crippen molar-refractivity contribution < 1.29 is 9.32 Å². The summed E-state index contributed by atoms with van der Waals surface area (Å²) in [6.07, 6.45) is 8.05. The first-order valence-corrected chi connectivity index (χ1v) is 12.7. The van der Waals surface area contributed by atoms with Gasteiger partial charge in [-0.1, -0.05) is 30.5 Å². The van der Waals surface area contributed by atoms with E-state index in [1.54, 1.807) is 11.3 Å². The van der Waals surface area contributed by atoms with Crippen molar-refractivity contribution in [1.29, 1.82) is 0 Å². The van der Waals surface area contributed by atoms with Gasteiger partial charge in [0, 0.05) is 45.2 Å². The summed E-state index contributed by atoms with van der Waals surface area (Å²) in [4.78, 5) is 25.4. The molecule has 2 fully saturated rings. The Kier molecular flexibility index (Phi) is 8.10. The van der Waals surface area contributed by atoms with Gasteiger partial charge in [-0.3, -0.25) is 9.69 Å². The Morgan fingerprint density at radius 2 is 1.97 bits per heavy atom. The number of carbonyl (C=O) groups is 1. The number of amides is 1. The summed E-state index contributed by atoms with van der Waals surface area (Å²) in [5.41, 5.74) is 0. The molecule has 1 amide bonds. The molecule has 0 aromatic carbocycles. The minimum Gasteiger partial charge on any atom is -0.339 e. The van der Waals surface area contributed by atoms with E-state index in [-0.39, 0.29) is 0 Å². The van der Waals surface area contributed by atoms with E-state index in [0.717, 1.165) is 62.9 Å². The van der Waals surface area contributed by atoms with Crippen molar-refractivity contribution in [2.75, 3.05) is 45.8 Å². The van der Waals surface area contributed by atoms with Crippen LogP contribution < -0.4 is 0 Å². The molecule has 2 aromatic rings. The molecule has 1 saturated heterocycles. The fraction of sp³-hybridized carbons (Fsp3) is 0.696. The molecule has 7 nitrogen and oxygen atoms in total. The van der Waals surface area contributed by atoms with E-state index in [2.05, 4.69) is 31.8 Å². The number of piperazine rings is 1. The molecule has 0 radical (unpaired) electrons. The first-order valence-electron chi connectivity index (χ1n) is 11.8. The van der Waals surface area contributed by atoms with Gasteiger partial charge in [-0.05, 0) is 44.2 Å². The van der Waals surface area contributed by atoms with Gasteiger partial charge in [0.2, 0.25) is 17.6 Å². The zero-order chi connectivity index (χ0) is 21.5. The number of hydrogen-bond donors (Lipinski definition) is 0. The Hall–Kier alpha value is -1.77. The molecule has 0 spiro atoms. The highest BCUT2D eigenvalue weighted by atomic mass is 32.1. The minimum atomic E-state index is 0.320. The van der Waals surface area contributed by atoms with Crippen molar-refractivity contribution in [1.82, 2.24) is 24.8 Å². The van der Waals surface area contributed by atoms with Crippen LogP contribution in [0.15, 0.2) is 22.0 Å². The maximum absolute atomic E-state index is 12.9. The van der Waals surface area contributed by atoms with E-state index in [1.807, 2.05) is 17.5 Å². The molecule has 2 aromatic heterocycles. The summed E-state index contributed by atoms with van der Waals surface area (Å²) in [5, 5.41) is 6.11. The average Bonchev–Trinajstić information content (AvgIpc) is 3.48. The molecule has 3 heterocycles. The second kappa shape index (κ2) is 11.2. The lowest BCUT2D eigenvalue weighted by Gasteiger charge is -2.38. The van der Waals surface area contributed by atoms with E-state index < -0.39 is 0 Å². The van der Waals surface area contributed by atoms with Gasteiger partial charge in [-0.25, -0.2) is 0 Å². The maximum Gasteiger partial charge on any atom is 0.236 e. The topological polar surface area (TPSA) is 65.7 Å². The van der Waals surface area contributed by atoms with Gasteiger partial charge in [-0.2, -0.15) is 4.98 Å². The molecule has 1 saturated carbocycles. The van der Waals surface area contributed by atoms with Gasteiger partial charge in [-0.15, -0.1) is 11.3 Å². The first kappa shape index (κ1) is 22.4. The zero-order valence-corrected chi connectivity index (χ0v) is 19.5. The van der Waals surface area contributed by atoms with Crippen LogP contribution in [0.3, 0.4) is 0 Å². The second-order valence-electron chi connectivity index (χ2n) is 8.68. The van der Waals surface area contributed by atoms with E-state index >= 15 is 0 Å². The van der Waals surface area contributed by atoms with Gasteiger partial charge < -0.3 is 14.3 Å². The van der Waals surface area contributed by atoms with Gasteiger partial charge in [0.25, 0.3) is 0 Å². The van der Waals surface area contributed by atoms with Crippen molar-refractivity contribution in [3.63, 3.8) is 0 Å². The lowest BCUT2D eigenvalue weighted by Crippen LogP contribution is -2.51. The molecule has 2 aliphatic rings. The van der Waals surface area contributed by atoms with Gasteiger partial charge in [0.1, 0.15) is 0 Å². The number of thiophene rings is 1. The predicted molar refractivity (Wildman–Crippen MR) is 123 cm³/mol. The Labute approximate surface area is 189 Å². The monoisotopic (exact) mass is 445 g/mol. The molecule has 0 bridgehead atoms. The number of aromatic nitrogens is 2. The van der Waals surface area contributed by atoms with Crippen LogP contribution in [0.2, 0.25) is 0 Å². The first-order chi connectivity index (χ1) is 15.2. The molecule has 1 aliphatic carbocycles. The molecular formula is C23H35N5O2S. The molecule has 0 N–H and O–H groups in total. The zero-order valence-electron chi connectivity index (χ0n) is 18.7. The molecule has 1 aliphatic heterocycles. The van der Waals surface area contributed by atoms with Crippen LogP contribution >= 0.6 is 11.3 Å². The quantitative estimate of drug-likeness (QED) is 0.588. The summed E-state index contributed by atoms with van der Waals surface area (Å²) in [5.74, 6) is 1.73. The fourth-order valence-electron chi connectivity index (χ4n) is 4.80. The summed E-state index contributed by atoms with van der Waals surface area (Å²) >= 11 is 1.63. The third-order valence-corrected chi connectivity index (χ3v) is 7.44. The Morgan fingerprint density at radius 3 is 2.68 bits per heavy atom. The fourth-order valence-corrected chi connectivity index (χ4v) is 5.45. The highest BCUT2D eigenvalue weighted by Gasteiger charge is 2.26. The maximum atomic E-state index is 12.9. The third-order valence-electron chi connectivity index (χ3n) is 6.57. The normalized spacial score (nSPS) is 19.0. The number of aryl methyl sites for hydroxylation is 1. The number of likely N-dealkylation sites (N-methyl/N-ethyl adjacent to an activating group) is 1. The summed E-state index contributed by atoms with van der Waals surface area (Å²) in [7, 11) is 0. The van der Waals surface area contributed by atoms with Crippen LogP contribution in [-0.4, -0.2) is 82.6 Å². The number of rotatable bonds is 9. The van der Waals surface area contributed by atoms with E-state index in [1.165, 1.54) is 32.1 Å². The van der Waals surface area contributed by atoms with E-state index in [9.17, 15) is 4.79 Å². The summed E-state index contributed by atoms with van der Waals surface area (Å²) in [6.45, 7) is 8.55. The van der Waals surface area contributed by atoms with E-state index in [0.29, 0.717) is 24.3 Å².